The van der Waals surface area contributed by atoms with E-state index in [1.165, 1.54) is 10.6 Å². The number of rotatable bonds is 7. The number of nitrogens with one attached hydrogen (secondary N) is 2. The van der Waals surface area contributed by atoms with Gasteiger partial charge in [-0.15, -0.1) is 35.3 Å². The molecule has 0 spiro atoms. The number of aromatic nitrogens is 1. The summed E-state index contributed by atoms with van der Waals surface area (Å²) in [5, 5.41) is 14.2. The highest BCUT2D eigenvalue weighted by Gasteiger charge is 2.06. The minimum atomic E-state index is 0. The van der Waals surface area contributed by atoms with E-state index in [1.807, 2.05) is 0 Å². The van der Waals surface area contributed by atoms with Crippen LogP contribution in [0.4, 0.5) is 0 Å². The van der Waals surface area contributed by atoms with Crippen LogP contribution in [0.25, 0.3) is 0 Å². The molecule has 0 aliphatic rings. The maximum absolute atomic E-state index is 4.66. The second kappa shape index (κ2) is 11.0. The van der Waals surface area contributed by atoms with Crippen LogP contribution >= 0.6 is 46.7 Å². The molecular formula is C16H25IN4S2. The molecule has 23 heavy (non-hydrogen) atoms. The third-order valence-corrected chi connectivity index (χ3v) is 5.01. The van der Waals surface area contributed by atoms with Crippen LogP contribution < -0.4 is 10.6 Å². The number of hydrogen-bond donors (Lipinski definition) is 2. The Kier molecular flexibility index (Phi) is 9.73. The zero-order valence-corrected chi connectivity index (χ0v) is 17.8. The van der Waals surface area contributed by atoms with Crippen molar-refractivity contribution in [2.45, 2.75) is 39.7 Å². The van der Waals surface area contributed by atoms with Crippen LogP contribution in [0.2, 0.25) is 0 Å². The zero-order chi connectivity index (χ0) is 15.8. The molecule has 2 heterocycles. The summed E-state index contributed by atoms with van der Waals surface area (Å²) in [6.07, 6.45) is 0.923. The number of hydrogen-bond acceptors (Lipinski definition) is 4. The molecule has 0 saturated carbocycles. The Morgan fingerprint density at radius 3 is 2.74 bits per heavy atom. The minimum Gasteiger partial charge on any atom is -0.357 e. The van der Waals surface area contributed by atoms with Crippen molar-refractivity contribution < 1.29 is 0 Å². The topological polar surface area (TPSA) is 49.3 Å². The van der Waals surface area contributed by atoms with Crippen LogP contribution in [0, 0.1) is 0 Å². The van der Waals surface area contributed by atoms with Gasteiger partial charge in [-0.1, -0.05) is 13.8 Å². The molecule has 2 aromatic rings. The molecule has 128 valence electrons. The van der Waals surface area contributed by atoms with Crippen LogP contribution in [0.15, 0.2) is 27.2 Å². The van der Waals surface area contributed by atoms with E-state index in [0.717, 1.165) is 31.2 Å². The van der Waals surface area contributed by atoms with Crippen molar-refractivity contribution in [2.24, 2.45) is 4.99 Å². The first-order valence-electron chi connectivity index (χ1n) is 7.66. The predicted molar refractivity (Wildman–Crippen MR) is 112 cm³/mol. The minimum absolute atomic E-state index is 0. The Bertz CT molecular complexity index is 579. The van der Waals surface area contributed by atoms with Gasteiger partial charge in [-0.3, -0.25) is 0 Å². The average Bonchev–Trinajstić information content (AvgIpc) is 3.16. The first-order valence-corrected chi connectivity index (χ1v) is 9.48. The van der Waals surface area contributed by atoms with Crippen molar-refractivity contribution >= 4 is 52.6 Å². The van der Waals surface area contributed by atoms with Gasteiger partial charge >= 0.3 is 0 Å². The Morgan fingerprint density at radius 1 is 1.30 bits per heavy atom. The van der Waals surface area contributed by atoms with E-state index in [1.54, 1.807) is 22.7 Å². The first kappa shape index (κ1) is 20.4. The Hall–Kier alpha value is -0.670. The van der Waals surface area contributed by atoms with Crippen molar-refractivity contribution in [1.82, 2.24) is 15.6 Å². The van der Waals surface area contributed by atoms with Gasteiger partial charge in [-0.2, -0.15) is 11.3 Å². The summed E-state index contributed by atoms with van der Waals surface area (Å²) in [7, 11) is 0. The van der Waals surface area contributed by atoms with E-state index in [-0.39, 0.29) is 24.0 Å². The van der Waals surface area contributed by atoms with Crippen LogP contribution in [0.3, 0.4) is 0 Å². The fourth-order valence-electron chi connectivity index (χ4n) is 1.91. The van der Waals surface area contributed by atoms with Crippen LogP contribution in [-0.4, -0.2) is 24.0 Å². The second-order valence-corrected chi connectivity index (χ2v) is 7.01. The zero-order valence-electron chi connectivity index (χ0n) is 13.8. The third kappa shape index (κ3) is 7.17. The Labute approximate surface area is 163 Å². The molecule has 0 fully saturated rings. The molecule has 4 nitrogen and oxygen atoms in total. The normalized spacial score (nSPS) is 11.4. The summed E-state index contributed by atoms with van der Waals surface area (Å²) >= 11 is 3.46. The lowest BCUT2D eigenvalue weighted by molar-refractivity contribution is 0.780. The summed E-state index contributed by atoms with van der Waals surface area (Å²) < 4.78 is 0. The molecule has 0 saturated heterocycles. The van der Waals surface area contributed by atoms with Crippen molar-refractivity contribution in [3.8, 4) is 0 Å². The number of aliphatic imine (C=N–C) groups is 1. The lowest BCUT2D eigenvalue weighted by Crippen LogP contribution is -2.38. The molecule has 0 radical (unpaired) electrons. The summed E-state index contributed by atoms with van der Waals surface area (Å²) in [5.41, 5.74) is 2.41. The van der Waals surface area contributed by atoms with Crippen molar-refractivity contribution in [2.75, 3.05) is 13.1 Å². The highest BCUT2D eigenvalue weighted by molar-refractivity contribution is 14.0. The molecule has 0 aromatic carbocycles. The number of halogens is 1. The average molecular weight is 464 g/mol. The highest BCUT2D eigenvalue weighted by Crippen LogP contribution is 2.19. The summed E-state index contributed by atoms with van der Waals surface area (Å²) in [4.78, 5) is 9.26. The SMILES string of the molecule is CCNC(=NCc1ccsc1)NCCc1csc(C(C)C)n1.I. The van der Waals surface area contributed by atoms with E-state index in [0.29, 0.717) is 12.5 Å². The number of guanidine groups is 1. The van der Waals surface area contributed by atoms with Gasteiger partial charge in [-0.05, 0) is 29.3 Å². The van der Waals surface area contributed by atoms with Crippen LogP contribution in [-0.2, 0) is 13.0 Å². The maximum Gasteiger partial charge on any atom is 0.191 e. The Balaban J connectivity index is 0.00000264. The number of nitrogens with zero attached hydrogens (tertiary/aromatic N) is 2. The third-order valence-electron chi connectivity index (χ3n) is 3.08. The lowest BCUT2D eigenvalue weighted by atomic mass is 10.2. The molecule has 0 unspecified atom stereocenters. The van der Waals surface area contributed by atoms with Crippen molar-refractivity contribution in [1.29, 1.82) is 0 Å². The van der Waals surface area contributed by atoms with Gasteiger partial charge in [0.05, 0.1) is 17.2 Å². The summed E-state index contributed by atoms with van der Waals surface area (Å²) in [6.45, 7) is 8.87. The maximum atomic E-state index is 4.66. The predicted octanol–water partition coefficient (Wildman–Crippen LogP) is 4.24. The van der Waals surface area contributed by atoms with Gasteiger partial charge in [-0.25, -0.2) is 9.98 Å². The van der Waals surface area contributed by atoms with E-state index in [9.17, 15) is 0 Å². The summed E-state index contributed by atoms with van der Waals surface area (Å²) in [6, 6.07) is 2.11. The van der Waals surface area contributed by atoms with Gasteiger partial charge in [0.1, 0.15) is 0 Å². The Morgan fingerprint density at radius 2 is 2.13 bits per heavy atom. The van der Waals surface area contributed by atoms with Crippen LogP contribution in [0.1, 0.15) is 43.0 Å². The van der Waals surface area contributed by atoms with E-state index >= 15 is 0 Å². The molecular weight excluding hydrogens is 439 g/mol. The number of thiophene rings is 1. The summed E-state index contributed by atoms with van der Waals surface area (Å²) in [5.74, 6) is 1.38. The van der Waals surface area contributed by atoms with Crippen molar-refractivity contribution in [3.05, 3.63) is 38.5 Å². The fraction of sp³-hybridized carbons (Fsp3) is 0.500. The van der Waals surface area contributed by atoms with E-state index in [4.69, 9.17) is 0 Å². The first-order chi connectivity index (χ1) is 10.7. The monoisotopic (exact) mass is 464 g/mol. The van der Waals surface area contributed by atoms with E-state index in [2.05, 4.69) is 63.6 Å². The molecule has 7 heteroatoms. The van der Waals surface area contributed by atoms with Gasteiger partial charge < -0.3 is 10.6 Å². The molecule has 2 aromatic heterocycles. The van der Waals surface area contributed by atoms with Crippen molar-refractivity contribution in [3.63, 3.8) is 0 Å². The van der Waals surface area contributed by atoms with Gasteiger partial charge in [0, 0.05) is 30.8 Å². The van der Waals surface area contributed by atoms with Gasteiger partial charge in [0.15, 0.2) is 5.96 Å². The smallest absolute Gasteiger partial charge is 0.191 e. The largest absolute Gasteiger partial charge is 0.357 e. The van der Waals surface area contributed by atoms with Crippen LogP contribution in [0.5, 0.6) is 0 Å². The standard InChI is InChI=1S/C16H24N4S2.HI/c1-4-17-16(19-9-13-6-8-21-10-13)18-7-5-14-11-22-15(20-14)12(2)3;/h6,8,10-12H,4-5,7,9H2,1-3H3,(H2,17,18,19);1H. The molecule has 2 rings (SSSR count). The van der Waals surface area contributed by atoms with E-state index < -0.39 is 0 Å². The molecule has 0 aliphatic heterocycles. The quantitative estimate of drug-likeness (QED) is 0.366. The molecule has 0 bridgehead atoms. The van der Waals surface area contributed by atoms with Gasteiger partial charge in [0.2, 0.25) is 0 Å². The molecule has 2 N–H and O–H groups in total. The second-order valence-electron chi connectivity index (χ2n) is 5.34. The number of thiazole rings is 1. The van der Waals surface area contributed by atoms with Gasteiger partial charge in [0.25, 0.3) is 0 Å². The molecule has 0 atom stereocenters. The molecule has 0 aliphatic carbocycles. The lowest BCUT2D eigenvalue weighted by Gasteiger charge is -2.10. The fourth-order valence-corrected chi connectivity index (χ4v) is 3.44. The molecule has 0 amide bonds. The highest BCUT2D eigenvalue weighted by atomic mass is 127.